The molecule has 0 N–H and O–H groups in total. The summed E-state index contributed by atoms with van der Waals surface area (Å²) in [5, 5.41) is 0. The Bertz CT molecular complexity index is 945. The zero-order valence-corrected chi connectivity index (χ0v) is 22.2. The van der Waals surface area contributed by atoms with Crippen LogP contribution in [0.25, 0.3) is 0 Å². The lowest BCUT2D eigenvalue weighted by Gasteiger charge is -2.22. The van der Waals surface area contributed by atoms with E-state index < -0.39 is 24.8 Å². The van der Waals surface area contributed by atoms with Crippen molar-refractivity contribution >= 4 is 18.1 Å². The summed E-state index contributed by atoms with van der Waals surface area (Å²) in [5.74, 6) is -1.46. The lowest BCUT2D eigenvalue weighted by molar-refractivity contribution is -0.161. The van der Waals surface area contributed by atoms with E-state index in [0.717, 1.165) is 25.0 Å². The number of aromatic nitrogens is 2. The number of unbranched alkanes of at least 4 members (excludes halogenated alkanes) is 6. The summed E-state index contributed by atoms with van der Waals surface area (Å²) in [6.07, 6.45) is 11.1. The third-order valence-electron chi connectivity index (χ3n) is 6.23. The number of aryl methyl sites for hydroxylation is 1. The molecule has 0 spiro atoms. The van der Waals surface area contributed by atoms with Gasteiger partial charge in [-0.25, -0.2) is 9.78 Å². The molecule has 9 nitrogen and oxygen atoms in total. The molecule has 0 aliphatic carbocycles. The minimum Gasteiger partial charge on any atom is -0.465 e. The number of benzene rings is 1. The van der Waals surface area contributed by atoms with Gasteiger partial charge in [0.15, 0.2) is 0 Å². The minimum atomic E-state index is -0.975. The lowest BCUT2D eigenvalue weighted by atomic mass is 9.90. The van der Waals surface area contributed by atoms with Crippen LogP contribution in [0.15, 0.2) is 42.9 Å². The van der Waals surface area contributed by atoms with Crippen LogP contribution in [0.2, 0.25) is 0 Å². The van der Waals surface area contributed by atoms with Crippen LogP contribution in [-0.2, 0) is 37.3 Å². The molecule has 1 aromatic carbocycles. The van der Waals surface area contributed by atoms with Crippen molar-refractivity contribution in [3.63, 3.8) is 0 Å². The molecule has 0 fully saturated rings. The Morgan fingerprint density at radius 3 is 2.32 bits per heavy atom. The largest absolute Gasteiger partial charge is 0.516 e. The zero-order chi connectivity index (χ0) is 26.9. The van der Waals surface area contributed by atoms with E-state index in [0.29, 0.717) is 18.6 Å². The number of ether oxygens (including phenoxy) is 4. The fourth-order valence-electron chi connectivity index (χ4n) is 3.80. The highest BCUT2D eigenvalue weighted by molar-refractivity contribution is 5.73. The second-order valence-electron chi connectivity index (χ2n) is 9.19. The summed E-state index contributed by atoms with van der Waals surface area (Å²) in [4.78, 5) is 40.9. The van der Waals surface area contributed by atoms with E-state index in [1.807, 2.05) is 11.6 Å². The quantitative estimate of drug-likeness (QED) is 0.116. The summed E-state index contributed by atoms with van der Waals surface area (Å²) in [6, 6.07) is 8.43. The number of hydrogen-bond acceptors (Lipinski definition) is 8. The molecule has 0 bridgehead atoms. The normalized spacial score (nSPS) is 12.4. The number of carbonyl (C=O) groups is 3. The molecule has 37 heavy (non-hydrogen) atoms. The molecular formula is C28H40N2O7. The number of imidazole rings is 1. The predicted molar refractivity (Wildman–Crippen MR) is 138 cm³/mol. The number of carbonyl (C=O) groups excluding carboxylic acids is 3. The Hall–Kier alpha value is -3.36. The highest BCUT2D eigenvalue weighted by Crippen LogP contribution is 2.20. The maximum atomic E-state index is 12.7. The van der Waals surface area contributed by atoms with E-state index in [1.165, 1.54) is 25.7 Å². The summed E-state index contributed by atoms with van der Waals surface area (Å²) in [5.41, 5.74) is 0.899. The number of esters is 2. The van der Waals surface area contributed by atoms with Crippen molar-refractivity contribution in [2.24, 2.45) is 18.9 Å². The van der Waals surface area contributed by atoms with Gasteiger partial charge in [-0.1, -0.05) is 70.6 Å². The van der Waals surface area contributed by atoms with Gasteiger partial charge in [0.2, 0.25) is 6.79 Å². The molecule has 0 amide bonds. The SMILES string of the molecule is CCCCCCCCCC(=O)OCC(Cc1cncn1C)[C@H](C)C(=O)OCOC(=O)Oc1ccccc1. The number of nitrogens with zero attached hydrogens (tertiary/aromatic N) is 2. The molecule has 1 heterocycles. The van der Waals surface area contributed by atoms with Gasteiger partial charge in [0, 0.05) is 31.3 Å². The van der Waals surface area contributed by atoms with E-state index in [2.05, 4.69) is 11.9 Å². The van der Waals surface area contributed by atoms with Crippen molar-refractivity contribution in [3.8, 4) is 5.75 Å². The first-order valence-electron chi connectivity index (χ1n) is 13.1. The fourth-order valence-corrected chi connectivity index (χ4v) is 3.80. The van der Waals surface area contributed by atoms with Gasteiger partial charge in [-0.3, -0.25) is 9.59 Å². The Balaban J connectivity index is 1.79. The number of para-hydroxylation sites is 1. The summed E-state index contributed by atoms with van der Waals surface area (Å²) in [7, 11) is 1.86. The van der Waals surface area contributed by atoms with E-state index in [-0.39, 0.29) is 18.5 Å². The van der Waals surface area contributed by atoms with Crippen molar-refractivity contribution in [1.82, 2.24) is 9.55 Å². The van der Waals surface area contributed by atoms with Crippen molar-refractivity contribution in [1.29, 1.82) is 0 Å². The van der Waals surface area contributed by atoms with Crippen LogP contribution in [0.5, 0.6) is 5.75 Å². The van der Waals surface area contributed by atoms with Gasteiger partial charge in [-0.05, 0) is 25.0 Å². The predicted octanol–water partition coefficient (Wildman–Crippen LogP) is 5.62. The van der Waals surface area contributed by atoms with Crippen molar-refractivity contribution in [2.45, 2.75) is 71.6 Å². The molecule has 2 atom stereocenters. The van der Waals surface area contributed by atoms with Gasteiger partial charge < -0.3 is 23.5 Å². The molecule has 9 heteroatoms. The van der Waals surface area contributed by atoms with E-state index >= 15 is 0 Å². The molecule has 2 rings (SSSR count). The van der Waals surface area contributed by atoms with E-state index in [9.17, 15) is 14.4 Å². The van der Waals surface area contributed by atoms with Gasteiger partial charge in [0.05, 0.1) is 18.9 Å². The minimum absolute atomic E-state index is 0.0771. The Labute approximate surface area is 219 Å². The summed E-state index contributed by atoms with van der Waals surface area (Å²) >= 11 is 0. The first-order valence-corrected chi connectivity index (χ1v) is 13.1. The molecule has 2 aromatic rings. The molecule has 0 radical (unpaired) electrons. The lowest BCUT2D eigenvalue weighted by Crippen LogP contribution is -2.30. The highest BCUT2D eigenvalue weighted by Gasteiger charge is 2.28. The topological polar surface area (TPSA) is 106 Å². The second-order valence-corrected chi connectivity index (χ2v) is 9.19. The van der Waals surface area contributed by atoms with Crippen LogP contribution in [0.4, 0.5) is 4.79 Å². The molecule has 1 aromatic heterocycles. The smallest absolute Gasteiger partial charge is 0.465 e. The summed E-state index contributed by atoms with van der Waals surface area (Å²) in [6.45, 7) is 3.39. The van der Waals surface area contributed by atoms with Crippen LogP contribution in [0.1, 0.15) is 70.9 Å². The van der Waals surface area contributed by atoms with E-state index in [1.54, 1.807) is 49.8 Å². The number of rotatable bonds is 17. The maximum absolute atomic E-state index is 12.7. The standard InChI is InChI=1S/C28H40N2O7/c1-4-5-6-7-8-9-13-16-26(31)34-19-23(17-24-18-29-20-30(24)3)22(2)27(32)35-21-36-28(33)37-25-14-11-10-12-15-25/h10-12,14-15,18,20,22-23H,4-9,13,16-17,19,21H2,1-3H3/t22-,23?/m0/s1. The first-order chi connectivity index (χ1) is 17.9. The van der Waals surface area contributed by atoms with Gasteiger partial charge >= 0.3 is 18.1 Å². The van der Waals surface area contributed by atoms with E-state index in [4.69, 9.17) is 18.9 Å². The van der Waals surface area contributed by atoms with Gasteiger partial charge in [0.25, 0.3) is 0 Å². The first kappa shape index (κ1) is 29.9. The van der Waals surface area contributed by atoms with Crippen LogP contribution in [-0.4, -0.2) is 41.0 Å². The van der Waals surface area contributed by atoms with Crippen LogP contribution in [0.3, 0.4) is 0 Å². The summed E-state index contributed by atoms with van der Waals surface area (Å²) < 4.78 is 22.4. The van der Waals surface area contributed by atoms with Crippen LogP contribution < -0.4 is 4.74 Å². The average molecular weight is 517 g/mol. The maximum Gasteiger partial charge on any atom is 0.516 e. The van der Waals surface area contributed by atoms with Crippen molar-refractivity contribution < 1.29 is 33.3 Å². The monoisotopic (exact) mass is 516 g/mol. The molecule has 1 unspecified atom stereocenters. The second kappa shape index (κ2) is 17.2. The number of hydrogen-bond donors (Lipinski definition) is 0. The Morgan fingerprint density at radius 1 is 0.946 bits per heavy atom. The fraction of sp³-hybridized carbons (Fsp3) is 0.571. The molecule has 204 valence electrons. The molecule has 0 aliphatic heterocycles. The third-order valence-corrected chi connectivity index (χ3v) is 6.23. The van der Waals surface area contributed by atoms with Crippen molar-refractivity contribution in [2.75, 3.05) is 13.4 Å². The highest BCUT2D eigenvalue weighted by atomic mass is 16.8. The van der Waals surface area contributed by atoms with Crippen molar-refractivity contribution in [3.05, 3.63) is 48.5 Å². The third kappa shape index (κ3) is 11.9. The van der Waals surface area contributed by atoms with Crippen LogP contribution >= 0.6 is 0 Å². The molecule has 0 saturated heterocycles. The van der Waals surface area contributed by atoms with Gasteiger partial charge in [-0.15, -0.1) is 0 Å². The molecule has 0 saturated carbocycles. The van der Waals surface area contributed by atoms with Gasteiger partial charge in [0.1, 0.15) is 5.75 Å². The Kier molecular flexibility index (Phi) is 13.9. The molecule has 0 aliphatic rings. The average Bonchev–Trinajstić information content (AvgIpc) is 3.30. The van der Waals surface area contributed by atoms with Crippen LogP contribution in [0, 0.1) is 11.8 Å². The van der Waals surface area contributed by atoms with Gasteiger partial charge in [-0.2, -0.15) is 0 Å². The molecular weight excluding hydrogens is 476 g/mol. The Morgan fingerprint density at radius 2 is 1.65 bits per heavy atom. The zero-order valence-electron chi connectivity index (χ0n) is 22.2.